The molecule has 0 amide bonds. The van der Waals surface area contributed by atoms with Crippen molar-refractivity contribution in [1.82, 2.24) is 0 Å². The maximum absolute atomic E-state index is 11.1. The van der Waals surface area contributed by atoms with Crippen molar-refractivity contribution in [1.29, 1.82) is 0 Å². The minimum absolute atomic E-state index is 0.0173. The lowest BCUT2D eigenvalue weighted by Crippen LogP contribution is -2.24. The second-order valence-corrected chi connectivity index (χ2v) is 5.28. The van der Waals surface area contributed by atoms with Gasteiger partial charge in [0.1, 0.15) is 0 Å². The number of esters is 2. The van der Waals surface area contributed by atoms with E-state index in [0.717, 1.165) is 5.56 Å². The highest BCUT2D eigenvalue weighted by molar-refractivity contribution is 7.12. The molecule has 0 aromatic carbocycles. The predicted octanol–water partition coefficient (Wildman–Crippen LogP) is 2.31. The molecule has 0 unspecified atom stereocenters. The van der Waals surface area contributed by atoms with Crippen LogP contribution in [-0.2, 0) is 14.3 Å². The molecular formula is C11H12O3S. The normalized spacial score (nSPS) is 18.0. The van der Waals surface area contributed by atoms with Gasteiger partial charge in [0.25, 0.3) is 0 Å². The van der Waals surface area contributed by atoms with E-state index in [-0.39, 0.29) is 5.92 Å². The van der Waals surface area contributed by atoms with Crippen LogP contribution < -0.4 is 0 Å². The Morgan fingerprint density at radius 3 is 2.33 bits per heavy atom. The topological polar surface area (TPSA) is 43.4 Å². The first-order valence-corrected chi connectivity index (χ1v) is 5.68. The van der Waals surface area contributed by atoms with E-state index in [1.54, 1.807) is 11.3 Å². The van der Waals surface area contributed by atoms with Crippen LogP contribution in [0.4, 0.5) is 0 Å². The van der Waals surface area contributed by atoms with Crippen LogP contribution in [0, 0.1) is 13.8 Å². The number of cyclic esters (lactones) is 2. The van der Waals surface area contributed by atoms with Gasteiger partial charge in [-0.2, -0.15) is 0 Å². The summed E-state index contributed by atoms with van der Waals surface area (Å²) in [4.78, 5) is 24.7. The number of ether oxygens (including phenoxy) is 1. The quantitative estimate of drug-likeness (QED) is 0.543. The standard InChI is InChI=1S/C11H12O3S/c1-6-3-9(7(2)15-6)8-4-10(12)14-11(13)5-8/h3,8H,4-5H2,1-2H3. The lowest BCUT2D eigenvalue weighted by Gasteiger charge is -2.19. The molecule has 0 radical (unpaired) electrons. The Balaban J connectivity index is 2.27. The number of carbonyl (C=O) groups excluding carboxylic acids is 2. The molecule has 0 bridgehead atoms. The molecule has 0 N–H and O–H groups in total. The molecule has 1 aliphatic rings. The number of carbonyl (C=O) groups is 2. The van der Waals surface area contributed by atoms with Crippen LogP contribution in [0.2, 0.25) is 0 Å². The Morgan fingerprint density at radius 2 is 1.87 bits per heavy atom. The van der Waals surface area contributed by atoms with E-state index < -0.39 is 11.9 Å². The summed E-state index contributed by atoms with van der Waals surface area (Å²) in [7, 11) is 0. The molecule has 1 fully saturated rings. The number of rotatable bonds is 1. The molecule has 2 heterocycles. The minimum Gasteiger partial charge on any atom is -0.393 e. The molecular weight excluding hydrogens is 212 g/mol. The summed E-state index contributed by atoms with van der Waals surface area (Å²) in [6.45, 7) is 4.06. The zero-order chi connectivity index (χ0) is 11.0. The molecule has 4 heteroatoms. The highest BCUT2D eigenvalue weighted by Gasteiger charge is 2.29. The van der Waals surface area contributed by atoms with Gasteiger partial charge in [-0.15, -0.1) is 11.3 Å². The van der Waals surface area contributed by atoms with Crippen LogP contribution in [0.5, 0.6) is 0 Å². The van der Waals surface area contributed by atoms with Gasteiger partial charge >= 0.3 is 11.9 Å². The lowest BCUT2D eigenvalue weighted by atomic mass is 9.91. The van der Waals surface area contributed by atoms with E-state index in [1.807, 2.05) is 13.8 Å². The first kappa shape index (κ1) is 10.4. The monoisotopic (exact) mass is 224 g/mol. The van der Waals surface area contributed by atoms with Gasteiger partial charge in [-0.25, -0.2) is 0 Å². The fourth-order valence-corrected chi connectivity index (χ4v) is 2.97. The molecule has 1 saturated heterocycles. The number of hydrogen-bond acceptors (Lipinski definition) is 4. The first-order valence-electron chi connectivity index (χ1n) is 4.86. The maximum Gasteiger partial charge on any atom is 0.314 e. The molecule has 2 rings (SSSR count). The zero-order valence-electron chi connectivity index (χ0n) is 8.70. The maximum atomic E-state index is 11.1. The molecule has 80 valence electrons. The van der Waals surface area contributed by atoms with Crippen molar-refractivity contribution in [2.75, 3.05) is 0 Å². The second kappa shape index (κ2) is 3.77. The molecule has 1 aliphatic heterocycles. The van der Waals surface area contributed by atoms with Crippen LogP contribution in [0.1, 0.15) is 34.1 Å². The molecule has 0 atom stereocenters. The summed E-state index contributed by atoms with van der Waals surface area (Å²) in [5.74, 6) is -0.789. The van der Waals surface area contributed by atoms with Crippen LogP contribution in [0.15, 0.2) is 6.07 Å². The summed E-state index contributed by atoms with van der Waals surface area (Å²) in [6, 6.07) is 2.07. The summed E-state index contributed by atoms with van der Waals surface area (Å²) in [6.07, 6.45) is 0.644. The molecule has 0 saturated carbocycles. The molecule has 15 heavy (non-hydrogen) atoms. The molecule has 1 aromatic rings. The Bertz CT molecular complexity index is 403. The van der Waals surface area contributed by atoms with Gasteiger partial charge < -0.3 is 4.74 Å². The van der Waals surface area contributed by atoms with E-state index in [4.69, 9.17) is 0 Å². The van der Waals surface area contributed by atoms with Crippen molar-refractivity contribution < 1.29 is 14.3 Å². The summed E-state index contributed by atoms with van der Waals surface area (Å²) < 4.78 is 4.51. The van der Waals surface area contributed by atoms with Crippen LogP contribution in [0.3, 0.4) is 0 Å². The average Bonchev–Trinajstić information content (AvgIpc) is 2.43. The smallest absolute Gasteiger partial charge is 0.314 e. The predicted molar refractivity (Wildman–Crippen MR) is 56.9 cm³/mol. The SMILES string of the molecule is Cc1cc(C2CC(=O)OC(=O)C2)c(C)s1. The Morgan fingerprint density at radius 1 is 1.27 bits per heavy atom. The van der Waals surface area contributed by atoms with Crippen molar-refractivity contribution in [2.24, 2.45) is 0 Å². The van der Waals surface area contributed by atoms with E-state index in [0.29, 0.717) is 12.8 Å². The van der Waals surface area contributed by atoms with Crippen molar-refractivity contribution >= 4 is 23.3 Å². The highest BCUT2D eigenvalue weighted by Crippen LogP contribution is 2.34. The van der Waals surface area contributed by atoms with Crippen molar-refractivity contribution in [3.05, 3.63) is 21.4 Å². The van der Waals surface area contributed by atoms with E-state index in [1.165, 1.54) is 9.75 Å². The largest absolute Gasteiger partial charge is 0.393 e. The fourth-order valence-electron chi connectivity index (χ4n) is 1.96. The fraction of sp³-hybridized carbons (Fsp3) is 0.455. The number of thiophene rings is 1. The number of hydrogen-bond donors (Lipinski definition) is 0. The van der Waals surface area contributed by atoms with E-state index >= 15 is 0 Å². The third-order valence-electron chi connectivity index (χ3n) is 2.57. The molecule has 1 aromatic heterocycles. The Hall–Kier alpha value is -1.16. The Kier molecular flexibility index (Phi) is 2.61. The molecule has 0 aliphatic carbocycles. The van der Waals surface area contributed by atoms with Gasteiger partial charge in [-0.05, 0) is 25.5 Å². The summed E-state index contributed by atoms with van der Waals surface area (Å²) in [5, 5.41) is 0. The van der Waals surface area contributed by atoms with Crippen molar-refractivity contribution in [3.63, 3.8) is 0 Å². The molecule has 0 spiro atoms. The highest BCUT2D eigenvalue weighted by atomic mass is 32.1. The number of aryl methyl sites for hydroxylation is 2. The lowest BCUT2D eigenvalue weighted by molar-refractivity contribution is -0.163. The van der Waals surface area contributed by atoms with Gasteiger partial charge in [0.2, 0.25) is 0 Å². The van der Waals surface area contributed by atoms with Gasteiger partial charge in [-0.1, -0.05) is 0 Å². The van der Waals surface area contributed by atoms with E-state index in [9.17, 15) is 9.59 Å². The van der Waals surface area contributed by atoms with Gasteiger partial charge in [0.05, 0.1) is 12.8 Å². The average molecular weight is 224 g/mol. The molecule has 3 nitrogen and oxygen atoms in total. The second-order valence-electron chi connectivity index (χ2n) is 3.82. The summed E-state index contributed by atoms with van der Waals surface area (Å²) >= 11 is 1.70. The van der Waals surface area contributed by atoms with Crippen LogP contribution in [0.25, 0.3) is 0 Å². The third kappa shape index (κ3) is 2.09. The Labute approximate surface area is 92.1 Å². The van der Waals surface area contributed by atoms with Gasteiger partial charge in [0.15, 0.2) is 0 Å². The third-order valence-corrected chi connectivity index (χ3v) is 3.55. The van der Waals surface area contributed by atoms with Crippen LogP contribution >= 0.6 is 11.3 Å². The van der Waals surface area contributed by atoms with E-state index in [2.05, 4.69) is 10.8 Å². The first-order chi connectivity index (χ1) is 7.06. The van der Waals surface area contributed by atoms with Gasteiger partial charge in [0, 0.05) is 15.7 Å². The minimum atomic E-state index is -0.403. The zero-order valence-corrected chi connectivity index (χ0v) is 9.52. The van der Waals surface area contributed by atoms with Gasteiger partial charge in [-0.3, -0.25) is 9.59 Å². The van der Waals surface area contributed by atoms with Crippen molar-refractivity contribution in [3.8, 4) is 0 Å². The van der Waals surface area contributed by atoms with Crippen molar-refractivity contribution in [2.45, 2.75) is 32.6 Å². The van der Waals surface area contributed by atoms with Crippen LogP contribution in [-0.4, -0.2) is 11.9 Å². The summed E-state index contributed by atoms with van der Waals surface area (Å²) in [5.41, 5.74) is 1.13.